The molecule has 0 bridgehead atoms. The number of nitrogens with zero attached hydrogens (tertiary/aromatic N) is 1. The van der Waals surface area contributed by atoms with Crippen LogP contribution in [0.4, 0.5) is 0 Å². The fraction of sp³-hybridized carbons (Fsp3) is 1.00. The quantitative estimate of drug-likeness (QED) is 0.765. The number of sulfone groups is 1. The Morgan fingerprint density at radius 1 is 1.41 bits per heavy atom. The standard InChI is InChI=1S/C11H24N2O3S/c1-11(2,3)17(14,15)7-5-13-4-6-16-9-10(13)8-12/h10H,4-9,12H2,1-3H3. The highest BCUT2D eigenvalue weighted by Gasteiger charge is 2.30. The maximum absolute atomic E-state index is 12.0. The van der Waals surface area contributed by atoms with Gasteiger partial charge in [-0.3, -0.25) is 4.90 Å². The van der Waals surface area contributed by atoms with Gasteiger partial charge in [-0.1, -0.05) is 0 Å². The molecule has 1 atom stereocenters. The number of ether oxygens (including phenoxy) is 1. The minimum Gasteiger partial charge on any atom is -0.378 e. The third-order valence-corrected chi connectivity index (χ3v) is 5.79. The van der Waals surface area contributed by atoms with Crippen molar-refractivity contribution in [1.82, 2.24) is 4.90 Å². The number of morpholine rings is 1. The van der Waals surface area contributed by atoms with Crippen LogP contribution < -0.4 is 5.73 Å². The molecule has 0 aromatic heterocycles. The summed E-state index contributed by atoms with van der Waals surface area (Å²) in [6.07, 6.45) is 0. The minimum absolute atomic E-state index is 0.152. The molecule has 1 aliphatic heterocycles. The lowest BCUT2D eigenvalue weighted by Crippen LogP contribution is -2.51. The fourth-order valence-corrected chi connectivity index (χ4v) is 2.83. The molecule has 1 saturated heterocycles. The SMILES string of the molecule is CC(C)(C)S(=O)(=O)CCN1CCOCC1CN. The Hall–Kier alpha value is -0.170. The van der Waals surface area contributed by atoms with E-state index in [4.69, 9.17) is 10.5 Å². The Bertz CT molecular complexity index is 335. The van der Waals surface area contributed by atoms with E-state index in [1.54, 1.807) is 20.8 Å². The molecule has 2 N–H and O–H groups in total. The van der Waals surface area contributed by atoms with E-state index < -0.39 is 14.6 Å². The Morgan fingerprint density at radius 2 is 2.06 bits per heavy atom. The molecule has 1 unspecified atom stereocenters. The van der Waals surface area contributed by atoms with Gasteiger partial charge in [0.2, 0.25) is 0 Å². The molecule has 17 heavy (non-hydrogen) atoms. The average Bonchev–Trinajstić information content (AvgIpc) is 2.25. The van der Waals surface area contributed by atoms with E-state index in [2.05, 4.69) is 4.90 Å². The van der Waals surface area contributed by atoms with E-state index in [1.807, 2.05) is 0 Å². The highest BCUT2D eigenvalue weighted by molar-refractivity contribution is 7.92. The van der Waals surface area contributed by atoms with Gasteiger partial charge in [-0.25, -0.2) is 8.42 Å². The summed E-state index contributed by atoms with van der Waals surface area (Å²) in [7, 11) is -3.05. The zero-order valence-corrected chi connectivity index (χ0v) is 11.8. The molecule has 1 aliphatic rings. The molecular weight excluding hydrogens is 240 g/mol. The van der Waals surface area contributed by atoms with Crippen LogP contribution >= 0.6 is 0 Å². The molecule has 1 rings (SSSR count). The summed E-state index contributed by atoms with van der Waals surface area (Å²) < 4.78 is 28.6. The highest BCUT2D eigenvalue weighted by Crippen LogP contribution is 2.16. The van der Waals surface area contributed by atoms with Crippen molar-refractivity contribution >= 4 is 9.84 Å². The van der Waals surface area contributed by atoms with Crippen LogP contribution in [0.15, 0.2) is 0 Å². The lowest BCUT2D eigenvalue weighted by atomic mass is 10.2. The number of nitrogens with two attached hydrogens (primary N) is 1. The molecule has 0 amide bonds. The van der Waals surface area contributed by atoms with Crippen LogP contribution in [0.25, 0.3) is 0 Å². The predicted octanol–water partition coefficient (Wildman–Crippen LogP) is -0.141. The molecule has 1 fully saturated rings. The van der Waals surface area contributed by atoms with Gasteiger partial charge in [0.05, 0.1) is 23.7 Å². The van der Waals surface area contributed by atoms with E-state index in [-0.39, 0.29) is 11.8 Å². The normalized spacial score (nSPS) is 23.9. The third-order valence-electron chi connectivity index (χ3n) is 3.20. The van der Waals surface area contributed by atoms with Crippen LogP contribution in [0.2, 0.25) is 0 Å². The molecule has 102 valence electrons. The summed E-state index contributed by atoms with van der Waals surface area (Å²) in [5, 5.41) is 0. The fourth-order valence-electron chi connectivity index (χ4n) is 1.74. The summed E-state index contributed by atoms with van der Waals surface area (Å²) in [5.41, 5.74) is 5.65. The highest BCUT2D eigenvalue weighted by atomic mass is 32.2. The number of hydrogen-bond acceptors (Lipinski definition) is 5. The Morgan fingerprint density at radius 3 is 2.59 bits per heavy atom. The van der Waals surface area contributed by atoms with Crippen LogP contribution in [-0.4, -0.2) is 62.7 Å². The summed E-state index contributed by atoms with van der Waals surface area (Å²) in [5.74, 6) is 0.188. The van der Waals surface area contributed by atoms with E-state index in [9.17, 15) is 8.42 Å². The van der Waals surface area contributed by atoms with E-state index in [1.165, 1.54) is 0 Å². The third kappa shape index (κ3) is 3.91. The van der Waals surface area contributed by atoms with Crippen molar-refractivity contribution < 1.29 is 13.2 Å². The van der Waals surface area contributed by atoms with Crippen LogP contribution in [-0.2, 0) is 14.6 Å². The first-order valence-corrected chi connectivity index (χ1v) is 7.67. The Kier molecular flexibility index (Phi) is 4.95. The first kappa shape index (κ1) is 14.9. The number of rotatable bonds is 4. The lowest BCUT2D eigenvalue weighted by molar-refractivity contribution is -0.000795. The van der Waals surface area contributed by atoms with Crippen LogP contribution in [0, 0.1) is 0 Å². The van der Waals surface area contributed by atoms with Crippen LogP contribution in [0.5, 0.6) is 0 Å². The van der Waals surface area contributed by atoms with Gasteiger partial charge in [0, 0.05) is 25.7 Å². The van der Waals surface area contributed by atoms with E-state index in [0.29, 0.717) is 26.3 Å². The molecule has 1 heterocycles. The zero-order chi connectivity index (χ0) is 13.1. The molecule has 0 aromatic rings. The number of hydrogen-bond donors (Lipinski definition) is 1. The summed E-state index contributed by atoms with van der Waals surface area (Å²) in [6, 6.07) is 0.152. The molecule has 0 aromatic carbocycles. The van der Waals surface area contributed by atoms with Gasteiger partial charge in [0.1, 0.15) is 0 Å². The second-order valence-corrected chi connectivity index (χ2v) is 8.29. The van der Waals surface area contributed by atoms with Gasteiger partial charge in [-0.05, 0) is 20.8 Å². The van der Waals surface area contributed by atoms with Gasteiger partial charge in [-0.15, -0.1) is 0 Å². The van der Waals surface area contributed by atoms with Crippen molar-refractivity contribution in [3.63, 3.8) is 0 Å². The van der Waals surface area contributed by atoms with E-state index in [0.717, 1.165) is 6.54 Å². The Labute approximate surface area is 104 Å². The van der Waals surface area contributed by atoms with Crippen molar-refractivity contribution in [2.75, 3.05) is 38.6 Å². The van der Waals surface area contributed by atoms with Crippen molar-refractivity contribution in [2.45, 2.75) is 31.6 Å². The summed E-state index contributed by atoms with van der Waals surface area (Å²) >= 11 is 0. The van der Waals surface area contributed by atoms with Gasteiger partial charge in [0.15, 0.2) is 9.84 Å². The van der Waals surface area contributed by atoms with Crippen molar-refractivity contribution in [1.29, 1.82) is 0 Å². The van der Waals surface area contributed by atoms with Crippen molar-refractivity contribution in [3.05, 3.63) is 0 Å². The molecule has 0 aliphatic carbocycles. The van der Waals surface area contributed by atoms with Crippen LogP contribution in [0.1, 0.15) is 20.8 Å². The monoisotopic (exact) mass is 264 g/mol. The van der Waals surface area contributed by atoms with Crippen molar-refractivity contribution in [2.24, 2.45) is 5.73 Å². The molecule has 5 nitrogen and oxygen atoms in total. The molecule has 0 saturated carbocycles. The summed E-state index contributed by atoms with van der Waals surface area (Å²) in [4.78, 5) is 2.12. The Balaban J connectivity index is 2.55. The second kappa shape index (κ2) is 5.65. The van der Waals surface area contributed by atoms with E-state index >= 15 is 0 Å². The maximum atomic E-state index is 12.0. The second-order valence-electron chi connectivity index (χ2n) is 5.43. The largest absolute Gasteiger partial charge is 0.378 e. The first-order valence-electron chi connectivity index (χ1n) is 6.02. The topological polar surface area (TPSA) is 72.6 Å². The van der Waals surface area contributed by atoms with Crippen LogP contribution in [0.3, 0.4) is 0 Å². The van der Waals surface area contributed by atoms with Gasteiger partial charge >= 0.3 is 0 Å². The lowest BCUT2D eigenvalue weighted by Gasteiger charge is -2.35. The van der Waals surface area contributed by atoms with Gasteiger partial charge < -0.3 is 10.5 Å². The first-order chi connectivity index (χ1) is 7.78. The van der Waals surface area contributed by atoms with Gasteiger partial charge in [-0.2, -0.15) is 0 Å². The smallest absolute Gasteiger partial charge is 0.156 e. The summed E-state index contributed by atoms with van der Waals surface area (Å²) in [6.45, 7) is 8.30. The van der Waals surface area contributed by atoms with Crippen molar-refractivity contribution in [3.8, 4) is 0 Å². The average molecular weight is 264 g/mol. The molecule has 0 spiro atoms. The maximum Gasteiger partial charge on any atom is 0.156 e. The predicted molar refractivity (Wildman–Crippen MR) is 68.8 cm³/mol. The molecule has 0 radical (unpaired) electrons. The minimum atomic E-state index is -3.05. The molecule has 6 heteroatoms. The van der Waals surface area contributed by atoms with Gasteiger partial charge in [0.25, 0.3) is 0 Å². The zero-order valence-electron chi connectivity index (χ0n) is 11.0. The molecular formula is C11H24N2O3S.